The molecule has 2 saturated heterocycles. The van der Waals surface area contributed by atoms with Crippen LogP contribution in [0.15, 0.2) is 36.4 Å². The van der Waals surface area contributed by atoms with Gasteiger partial charge in [0.2, 0.25) is 0 Å². The number of amides is 1. The summed E-state index contributed by atoms with van der Waals surface area (Å²) in [6.45, 7) is 3.46. The molecule has 1 unspecified atom stereocenters. The zero-order chi connectivity index (χ0) is 27.2. The number of hydrazine groups is 1. The van der Waals surface area contributed by atoms with Crippen molar-refractivity contribution in [2.75, 3.05) is 33.3 Å². The van der Waals surface area contributed by atoms with Gasteiger partial charge in [-0.15, -0.1) is 0 Å². The second-order valence-corrected chi connectivity index (χ2v) is 9.44. The number of nitrogens with one attached hydrogen (secondary N) is 1. The number of carbonyl (C=O) groups excluding carboxylic acids is 1. The first-order valence-corrected chi connectivity index (χ1v) is 11.8. The summed E-state index contributed by atoms with van der Waals surface area (Å²) in [5, 5.41) is 0. The number of piperazine rings is 1. The van der Waals surface area contributed by atoms with Crippen molar-refractivity contribution in [3.63, 3.8) is 0 Å². The highest BCUT2D eigenvalue weighted by Crippen LogP contribution is 2.45. The number of nitrogens with two attached hydrogens (primary N) is 1. The standard InChI is InChI=1S/C25H28F6N4O2/c1-15-10-20(37-2)5-6-21(15)23(22(36)33-32,35-9-8-34-7-3-4-19(34)14-35)16-11-17(24(26,27)28)13-18(12-16)25(29,30)31/h5-6,10-13,19H,3-4,7-9,14,32H2,1-2H3,(H,33,36)/t19-,23?/m1/s1. The SMILES string of the molecule is COc1ccc(C(C(=O)NN)(c2cc(C(F)(F)F)cc(C(F)(F)F)c2)N2CCN3CCC[C@@H]3C2)c(C)c1. The van der Waals surface area contributed by atoms with Gasteiger partial charge in [-0.3, -0.25) is 20.0 Å². The normalized spacial score (nSPS) is 20.8. The summed E-state index contributed by atoms with van der Waals surface area (Å²) in [6.07, 6.45) is -8.45. The van der Waals surface area contributed by atoms with E-state index < -0.39 is 40.5 Å². The van der Waals surface area contributed by atoms with Crippen LogP contribution in [0.4, 0.5) is 26.3 Å². The quantitative estimate of drug-likeness (QED) is 0.264. The number of methoxy groups -OCH3 is 1. The van der Waals surface area contributed by atoms with Gasteiger partial charge >= 0.3 is 12.4 Å². The smallest absolute Gasteiger partial charge is 0.416 e. The van der Waals surface area contributed by atoms with Crippen LogP contribution in [-0.2, 0) is 22.7 Å². The molecule has 3 N–H and O–H groups in total. The maximum atomic E-state index is 13.9. The van der Waals surface area contributed by atoms with E-state index in [0.29, 0.717) is 30.0 Å². The second-order valence-electron chi connectivity index (χ2n) is 9.44. The molecule has 0 saturated carbocycles. The molecule has 1 amide bonds. The van der Waals surface area contributed by atoms with Crippen molar-refractivity contribution in [3.8, 4) is 5.75 Å². The maximum Gasteiger partial charge on any atom is 0.416 e. The van der Waals surface area contributed by atoms with Gasteiger partial charge in [-0.2, -0.15) is 26.3 Å². The van der Waals surface area contributed by atoms with Crippen LogP contribution >= 0.6 is 0 Å². The molecule has 2 atom stereocenters. The minimum Gasteiger partial charge on any atom is -0.497 e. The third-order valence-corrected chi connectivity index (χ3v) is 7.35. The van der Waals surface area contributed by atoms with Gasteiger partial charge in [-0.05, 0) is 73.3 Å². The Morgan fingerprint density at radius 2 is 1.59 bits per heavy atom. The van der Waals surface area contributed by atoms with Crippen molar-refractivity contribution in [3.05, 3.63) is 64.2 Å². The lowest BCUT2D eigenvalue weighted by Crippen LogP contribution is -2.64. The molecule has 0 bridgehead atoms. The van der Waals surface area contributed by atoms with Crippen molar-refractivity contribution >= 4 is 5.91 Å². The van der Waals surface area contributed by atoms with Crippen LogP contribution < -0.4 is 16.0 Å². The van der Waals surface area contributed by atoms with Gasteiger partial charge in [-0.1, -0.05) is 6.07 Å². The van der Waals surface area contributed by atoms with Gasteiger partial charge in [0.25, 0.3) is 5.91 Å². The lowest BCUT2D eigenvalue weighted by molar-refractivity contribution is -0.144. The molecule has 2 aliphatic heterocycles. The lowest BCUT2D eigenvalue weighted by Gasteiger charge is -2.49. The van der Waals surface area contributed by atoms with Gasteiger partial charge in [0, 0.05) is 25.7 Å². The second kappa shape index (κ2) is 9.80. The van der Waals surface area contributed by atoms with Gasteiger partial charge in [0.15, 0.2) is 5.54 Å². The number of ether oxygens (including phenoxy) is 1. The average Bonchev–Trinajstić information content (AvgIpc) is 3.32. The highest BCUT2D eigenvalue weighted by atomic mass is 19.4. The Morgan fingerprint density at radius 3 is 2.14 bits per heavy atom. The van der Waals surface area contributed by atoms with Gasteiger partial charge in [0.05, 0.1) is 18.2 Å². The van der Waals surface area contributed by atoms with E-state index in [0.717, 1.165) is 19.4 Å². The number of fused-ring (bicyclic) bond motifs is 1. The third kappa shape index (κ3) is 4.89. The van der Waals surface area contributed by atoms with Crippen molar-refractivity contribution in [1.82, 2.24) is 15.2 Å². The summed E-state index contributed by atoms with van der Waals surface area (Å²) in [5.41, 5.74) is -2.83. The van der Waals surface area contributed by atoms with Crippen molar-refractivity contribution in [2.45, 2.75) is 43.7 Å². The molecule has 2 heterocycles. The van der Waals surface area contributed by atoms with Crippen molar-refractivity contribution < 1.29 is 35.9 Å². The fourth-order valence-electron chi connectivity index (χ4n) is 5.64. The number of aryl methyl sites for hydroxylation is 1. The average molecular weight is 531 g/mol. The molecule has 0 aromatic heterocycles. The Hall–Kier alpha value is -2.83. The number of carbonyl (C=O) groups is 1. The summed E-state index contributed by atoms with van der Waals surface area (Å²) >= 11 is 0. The number of nitrogens with zero attached hydrogens (tertiary/aromatic N) is 2. The summed E-state index contributed by atoms with van der Waals surface area (Å²) in [6, 6.07) is 5.90. The van der Waals surface area contributed by atoms with Gasteiger partial charge < -0.3 is 4.74 Å². The minimum absolute atomic E-state index is 0.00476. The molecular formula is C25H28F6N4O2. The van der Waals surface area contributed by atoms with Crippen LogP contribution in [0, 0.1) is 6.92 Å². The fraction of sp³-hybridized carbons (Fsp3) is 0.480. The highest BCUT2D eigenvalue weighted by Gasteiger charge is 2.52. The monoisotopic (exact) mass is 530 g/mol. The van der Waals surface area contributed by atoms with E-state index in [2.05, 4.69) is 4.90 Å². The van der Waals surface area contributed by atoms with Crippen LogP contribution in [0.3, 0.4) is 0 Å². The van der Waals surface area contributed by atoms with Crippen LogP contribution in [-0.4, -0.2) is 55.0 Å². The summed E-state index contributed by atoms with van der Waals surface area (Å²) < 4.78 is 88.5. The van der Waals surface area contributed by atoms with E-state index in [1.54, 1.807) is 17.9 Å². The third-order valence-electron chi connectivity index (χ3n) is 7.35. The van der Waals surface area contributed by atoms with E-state index in [1.165, 1.54) is 19.2 Å². The molecule has 0 aliphatic carbocycles. The lowest BCUT2D eigenvalue weighted by atomic mass is 9.76. The summed E-state index contributed by atoms with van der Waals surface area (Å²) in [7, 11) is 1.43. The molecule has 2 aliphatic rings. The van der Waals surface area contributed by atoms with Crippen molar-refractivity contribution in [2.24, 2.45) is 5.84 Å². The Kier molecular flexibility index (Phi) is 7.21. The minimum atomic E-state index is -5.08. The molecule has 6 nitrogen and oxygen atoms in total. The molecule has 2 fully saturated rings. The molecule has 2 aromatic rings. The number of benzene rings is 2. The number of hydrogen-bond acceptors (Lipinski definition) is 5. The van der Waals surface area contributed by atoms with Crippen LogP contribution in [0.5, 0.6) is 5.75 Å². The Balaban J connectivity index is 2.06. The molecular weight excluding hydrogens is 502 g/mol. The van der Waals surface area contributed by atoms with E-state index in [9.17, 15) is 31.1 Å². The Bertz CT molecular complexity index is 1140. The molecule has 2 aromatic carbocycles. The van der Waals surface area contributed by atoms with Gasteiger partial charge in [-0.25, -0.2) is 5.84 Å². The number of alkyl halides is 6. The molecule has 12 heteroatoms. The largest absolute Gasteiger partial charge is 0.497 e. The highest BCUT2D eigenvalue weighted by molar-refractivity contribution is 5.92. The summed E-state index contributed by atoms with van der Waals surface area (Å²) in [5.74, 6) is 5.08. The zero-order valence-electron chi connectivity index (χ0n) is 20.3. The number of hydrogen-bond donors (Lipinski definition) is 2. The first-order valence-electron chi connectivity index (χ1n) is 11.8. The van der Waals surface area contributed by atoms with E-state index in [4.69, 9.17) is 10.6 Å². The van der Waals surface area contributed by atoms with Crippen LogP contribution in [0.2, 0.25) is 0 Å². The number of rotatable bonds is 5. The zero-order valence-corrected chi connectivity index (χ0v) is 20.3. The summed E-state index contributed by atoms with van der Waals surface area (Å²) in [4.78, 5) is 17.6. The molecule has 0 spiro atoms. The van der Waals surface area contributed by atoms with E-state index >= 15 is 0 Å². The predicted octanol–water partition coefficient (Wildman–Crippen LogP) is 4.05. The predicted molar refractivity (Wildman–Crippen MR) is 123 cm³/mol. The van der Waals surface area contributed by atoms with E-state index in [-0.39, 0.29) is 30.8 Å². The molecule has 37 heavy (non-hydrogen) atoms. The topological polar surface area (TPSA) is 70.8 Å². The maximum absolute atomic E-state index is 13.9. The molecule has 0 radical (unpaired) electrons. The van der Waals surface area contributed by atoms with Gasteiger partial charge in [0.1, 0.15) is 5.75 Å². The van der Waals surface area contributed by atoms with E-state index in [1.807, 2.05) is 5.43 Å². The Labute approximate surface area is 210 Å². The first-order chi connectivity index (χ1) is 17.3. The van der Waals surface area contributed by atoms with Crippen LogP contribution in [0.1, 0.15) is 40.7 Å². The molecule has 4 rings (SSSR count). The Morgan fingerprint density at radius 1 is 0.973 bits per heavy atom. The number of halogens is 6. The fourth-order valence-corrected chi connectivity index (χ4v) is 5.64. The van der Waals surface area contributed by atoms with Crippen LogP contribution in [0.25, 0.3) is 0 Å². The first kappa shape index (κ1) is 27.2. The van der Waals surface area contributed by atoms with Crippen molar-refractivity contribution in [1.29, 1.82) is 0 Å². The molecule has 202 valence electrons.